The van der Waals surface area contributed by atoms with E-state index in [0.29, 0.717) is 5.15 Å². The van der Waals surface area contributed by atoms with Crippen LogP contribution in [0.2, 0.25) is 5.15 Å². The lowest BCUT2D eigenvalue weighted by Gasteiger charge is -2.03. The minimum absolute atomic E-state index is 0.457. The summed E-state index contributed by atoms with van der Waals surface area (Å²) in [6.45, 7) is 3.90. The van der Waals surface area contributed by atoms with Gasteiger partial charge in [0.25, 0.3) is 0 Å². The summed E-state index contributed by atoms with van der Waals surface area (Å²) in [5, 5.41) is 10.1. The van der Waals surface area contributed by atoms with Gasteiger partial charge in [0.15, 0.2) is 5.16 Å². The summed E-state index contributed by atoms with van der Waals surface area (Å²) in [5.41, 5.74) is 0. The van der Waals surface area contributed by atoms with Gasteiger partial charge in [0, 0.05) is 19.5 Å². The smallest absolute Gasteiger partial charge is 0.197 e. The van der Waals surface area contributed by atoms with E-state index in [2.05, 4.69) is 20.2 Å². The minimum Gasteiger partial charge on any atom is -0.309 e. The summed E-state index contributed by atoms with van der Waals surface area (Å²) in [4.78, 5) is 8.50. The van der Waals surface area contributed by atoms with Gasteiger partial charge in [0.2, 0.25) is 0 Å². The first kappa shape index (κ1) is 12.3. The van der Waals surface area contributed by atoms with Crippen LogP contribution in [0.15, 0.2) is 16.2 Å². The third-order valence-electron chi connectivity index (χ3n) is 2.28. The Hall–Kier alpha value is -1.14. The molecule has 5 nitrogen and oxygen atoms in total. The maximum atomic E-state index is 5.93. The van der Waals surface area contributed by atoms with Gasteiger partial charge in [-0.3, -0.25) is 0 Å². The highest BCUT2D eigenvalue weighted by Crippen LogP contribution is 2.25. The first-order valence-corrected chi connectivity index (χ1v) is 6.37. The molecule has 0 radical (unpaired) electrons. The van der Waals surface area contributed by atoms with Crippen molar-refractivity contribution < 1.29 is 0 Å². The van der Waals surface area contributed by atoms with Gasteiger partial charge in [0.05, 0.1) is 0 Å². The summed E-state index contributed by atoms with van der Waals surface area (Å²) < 4.78 is 1.91. The topological polar surface area (TPSA) is 56.5 Å². The molecule has 17 heavy (non-hydrogen) atoms. The van der Waals surface area contributed by atoms with Crippen molar-refractivity contribution >= 4 is 23.4 Å². The van der Waals surface area contributed by atoms with Crippen LogP contribution in [0.1, 0.15) is 18.6 Å². The molecule has 0 fully saturated rings. The molecule has 0 saturated heterocycles. The van der Waals surface area contributed by atoms with E-state index < -0.39 is 0 Å². The SMILES string of the molecule is CCc1nc(Cl)cc(Sc2nnc(C)n2C)n1. The Morgan fingerprint density at radius 3 is 2.71 bits per heavy atom. The van der Waals surface area contributed by atoms with Crippen molar-refractivity contribution in [2.75, 3.05) is 0 Å². The number of hydrogen-bond donors (Lipinski definition) is 0. The quantitative estimate of drug-likeness (QED) is 0.800. The number of halogens is 1. The number of nitrogens with zero attached hydrogens (tertiary/aromatic N) is 5. The monoisotopic (exact) mass is 269 g/mol. The van der Waals surface area contributed by atoms with Crippen molar-refractivity contribution in [3.05, 3.63) is 22.9 Å². The second kappa shape index (κ2) is 5.01. The molecule has 0 aromatic carbocycles. The predicted molar refractivity (Wildman–Crippen MR) is 66.3 cm³/mol. The molecule has 0 N–H and O–H groups in total. The van der Waals surface area contributed by atoms with Gasteiger partial charge < -0.3 is 4.57 Å². The molecule has 0 unspecified atom stereocenters. The zero-order valence-corrected chi connectivity index (χ0v) is 11.4. The average molecular weight is 270 g/mol. The fraction of sp³-hybridized carbons (Fsp3) is 0.400. The molecule has 0 aliphatic rings. The molecule has 0 amide bonds. The van der Waals surface area contributed by atoms with Crippen molar-refractivity contribution in [3.63, 3.8) is 0 Å². The van der Waals surface area contributed by atoms with Gasteiger partial charge >= 0.3 is 0 Å². The normalized spacial score (nSPS) is 10.8. The van der Waals surface area contributed by atoms with Gasteiger partial charge in [-0.05, 0) is 18.7 Å². The summed E-state index contributed by atoms with van der Waals surface area (Å²) in [5.74, 6) is 1.60. The van der Waals surface area contributed by atoms with E-state index in [1.807, 2.05) is 25.5 Å². The third kappa shape index (κ3) is 2.76. The summed E-state index contributed by atoms with van der Waals surface area (Å²) in [7, 11) is 1.92. The molecule has 7 heteroatoms. The van der Waals surface area contributed by atoms with Gasteiger partial charge in [-0.1, -0.05) is 18.5 Å². The summed E-state index contributed by atoms with van der Waals surface area (Å²) in [6.07, 6.45) is 0.756. The van der Waals surface area contributed by atoms with E-state index in [1.54, 1.807) is 6.07 Å². The first-order valence-electron chi connectivity index (χ1n) is 5.17. The number of rotatable bonds is 3. The largest absolute Gasteiger partial charge is 0.309 e. The van der Waals surface area contributed by atoms with E-state index >= 15 is 0 Å². The van der Waals surface area contributed by atoms with E-state index in [-0.39, 0.29) is 0 Å². The van der Waals surface area contributed by atoms with Crippen molar-refractivity contribution in [1.82, 2.24) is 24.7 Å². The minimum atomic E-state index is 0.457. The Kier molecular flexibility index (Phi) is 3.63. The van der Waals surface area contributed by atoms with Crippen molar-refractivity contribution in [3.8, 4) is 0 Å². The van der Waals surface area contributed by atoms with Gasteiger partial charge in [-0.2, -0.15) is 0 Å². The van der Waals surface area contributed by atoms with E-state index in [0.717, 1.165) is 28.3 Å². The van der Waals surface area contributed by atoms with Crippen LogP contribution in [-0.4, -0.2) is 24.7 Å². The van der Waals surface area contributed by atoms with E-state index in [4.69, 9.17) is 11.6 Å². The zero-order chi connectivity index (χ0) is 12.4. The lowest BCUT2D eigenvalue weighted by atomic mass is 10.4. The molecule has 90 valence electrons. The van der Waals surface area contributed by atoms with Crippen LogP contribution in [0.5, 0.6) is 0 Å². The average Bonchev–Trinajstić information content (AvgIpc) is 2.60. The molecule has 0 spiro atoms. The molecule has 2 aromatic heterocycles. The first-order chi connectivity index (χ1) is 8.10. The molecular formula is C10H12ClN5S. The number of hydrogen-bond acceptors (Lipinski definition) is 5. The van der Waals surface area contributed by atoms with Crippen LogP contribution in [0.3, 0.4) is 0 Å². The molecule has 0 atom stereocenters. The Morgan fingerprint density at radius 1 is 1.35 bits per heavy atom. The Balaban J connectivity index is 2.29. The van der Waals surface area contributed by atoms with E-state index in [9.17, 15) is 0 Å². The highest BCUT2D eigenvalue weighted by Gasteiger charge is 2.09. The maximum Gasteiger partial charge on any atom is 0.197 e. The maximum absolute atomic E-state index is 5.93. The van der Waals surface area contributed by atoms with Crippen molar-refractivity contribution in [2.24, 2.45) is 7.05 Å². The standard InChI is InChI=1S/C10H12ClN5S/c1-4-8-12-7(11)5-9(13-8)17-10-15-14-6(2)16(10)3/h5H,4H2,1-3H3. The number of aryl methyl sites for hydroxylation is 2. The highest BCUT2D eigenvalue weighted by atomic mass is 35.5. The summed E-state index contributed by atoms with van der Waals surface area (Å²) in [6, 6.07) is 1.73. The molecular weight excluding hydrogens is 258 g/mol. The van der Waals surface area contributed by atoms with Crippen molar-refractivity contribution in [2.45, 2.75) is 30.5 Å². The van der Waals surface area contributed by atoms with Gasteiger partial charge in [-0.25, -0.2) is 9.97 Å². The van der Waals surface area contributed by atoms with Crippen LogP contribution in [0.4, 0.5) is 0 Å². The van der Waals surface area contributed by atoms with Crippen LogP contribution in [0, 0.1) is 6.92 Å². The van der Waals surface area contributed by atoms with Gasteiger partial charge in [-0.15, -0.1) is 10.2 Å². The van der Waals surface area contributed by atoms with Crippen LogP contribution < -0.4 is 0 Å². The second-order valence-electron chi connectivity index (χ2n) is 3.49. The molecule has 2 aromatic rings. The molecule has 0 aliphatic heterocycles. The predicted octanol–water partition coefficient (Wildman–Crippen LogP) is 2.28. The molecule has 0 saturated carbocycles. The second-order valence-corrected chi connectivity index (χ2v) is 4.86. The van der Waals surface area contributed by atoms with Crippen LogP contribution in [-0.2, 0) is 13.5 Å². The van der Waals surface area contributed by atoms with Crippen LogP contribution >= 0.6 is 23.4 Å². The van der Waals surface area contributed by atoms with Gasteiger partial charge in [0.1, 0.15) is 21.8 Å². The molecule has 2 rings (SSSR count). The van der Waals surface area contributed by atoms with Crippen molar-refractivity contribution in [1.29, 1.82) is 0 Å². The lowest BCUT2D eigenvalue weighted by molar-refractivity contribution is 0.763. The molecule has 2 heterocycles. The number of aromatic nitrogens is 5. The Morgan fingerprint density at radius 2 is 2.12 bits per heavy atom. The lowest BCUT2D eigenvalue weighted by Crippen LogP contribution is -1.97. The fourth-order valence-corrected chi connectivity index (χ4v) is 2.35. The fourth-order valence-electron chi connectivity index (χ4n) is 1.22. The Bertz CT molecular complexity index is 539. The van der Waals surface area contributed by atoms with Crippen LogP contribution in [0.25, 0.3) is 0 Å². The van der Waals surface area contributed by atoms with E-state index in [1.165, 1.54) is 11.8 Å². The third-order valence-corrected chi connectivity index (χ3v) is 3.43. The highest BCUT2D eigenvalue weighted by molar-refractivity contribution is 7.99. The molecule has 0 aliphatic carbocycles. The molecule has 0 bridgehead atoms. The summed E-state index contributed by atoms with van der Waals surface area (Å²) >= 11 is 7.37. The Labute approximate surface area is 109 Å². The zero-order valence-electron chi connectivity index (χ0n) is 9.81.